The number of nitrogens with zero attached hydrogens (tertiary/aromatic N) is 1. The van der Waals surface area contributed by atoms with E-state index in [0.717, 1.165) is 19.4 Å². The zero-order valence-electron chi connectivity index (χ0n) is 8.14. The fourth-order valence-electron chi connectivity index (χ4n) is 0.911. The molecule has 2 nitrogen and oxygen atoms in total. The van der Waals surface area contributed by atoms with Crippen LogP contribution in [0.4, 0.5) is 0 Å². The number of amides is 1. The Morgan fingerprint density at radius 3 is 2.33 bits per heavy atom. The maximum atomic E-state index is 11.2. The number of carbonyl (C=O) groups excluding carboxylic acids is 1. The normalized spacial score (nSPS) is 10.2. The molecule has 72 valence electrons. The van der Waals surface area contributed by atoms with Crippen LogP contribution < -0.4 is 12.4 Å². The second-order valence-electron chi connectivity index (χ2n) is 3.30. The van der Waals surface area contributed by atoms with Crippen LogP contribution in [0.5, 0.6) is 0 Å². The van der Waals surface area contributed by atoms with E-state index in [4.69, 9.17) is 0 Å². The maximum absolute atomic E-state index is 11.2. The third-order valence-corrected chi connectivity index (χ3v) is 1.84. The largest absolute Gasteiger partial charge is 1.00 e. The molecule has 1 amide bonds. The van der Waals surface area contributed by atoms with Gasteiger partial charge in [-0.25, -0.2) is 4.79 Å². The number of hydrogen-bond donors (Lipinski definition) is 0. The van der Waals surface area contributed by atoms with Crippen LogP contribution in [0.2, 0.25) is 0 Å². The molecule has 0 N–H and O–H groups in total. The van der Waals surface area contributed by atoms with E-state index in [0.29, 0.717) is 4.48 Å². The van der Waals surface area contributed by atoms with Crippen LogP contribution in [-0.2, 0) is 4.79 Å². The quantitative estimate of drug-likeness (QED) is 0.394. The van der Waals surface area contributed by atoms with Gasteiger partial charge in [0.05, 0.1) is 20.6 Å². The molecule has 0 aliphatic rings. The lowest BCUT2D eigenvalue weighted by molar-refractivity contribution is -0.811. The van der Waals surface area contributed by atoms with Crippen molar-refractivity contribution < 1.29 is 21.7 Å². The number of quaternary nitrogens is 1. The summed E-state index contributed by atoms with van der Waals surface area (Å²) in [4.78, 5) is 11.2. The van der Waals surface area contributed by atoms with Crippen molar-refractivity contribution in [3.8, 4) is 0 Å². The first-order valence-electron chi connectivity index (χ1n) is 4.04. The van der Waals surface area contributed by atoms with Gasteiger partial charge in [-0.15, -0.1) is 0 Å². The van der Waals surface area contributed by atoms with Crippen molar-refractivity contribution in [3.63, 3.8) is 0 Å². The van der Waals surface area contributed by atoms with Crippen LogP contribution in [0, 0.1) is 0 Å². The highest BCUT2D eigenvalue weighted by Gasteiger charge is 2.21. The van der Waals surface area contributed by atoms with E-state index < -0.39 is 0 Å². The summed E-state index contributed by atoms with van der Waals surface area (Å²) in [6.45, 7) is 6.50. The summed E-state index contributed by atoms with van der Waals surface area (Å²) in [6, 6.07) is 0. The number of hydrogen-bond acceptors (Lipinski definition) is 1. The van der Waals surface area contributed by atoms with Crippen LogP contribution >= 0.6 is 0 Å². The SMILES string of the molecule is C=CC(=O)[N+](C)(C)CCCC.[Cl-]. The Balaban J connectivity index is 0. The van der Waals surface area contributed by atoms with Gasteiger partial charge in [0.15, 0.2) is 0 Å². The van der Waals surface area contributed by atoms with Crippen LogP contribution in [0.15, 0.2) is 12.7 Å². The highest BCUT2D eigenvalue weighted by molar-refractivity contribution is 5.80. The first-order chi connectivity index (χ1) is 5.04. The minimum absolute atomic E-state index is 0. The lowest BCUT2D eigenvalue weighted by Gasteiger charge is -2.24. The smallest absolute Gasteiger partial charge is 0.337 e. The highest BCUT2D eigenvalue weighted by Crippen LogP contribution is 2.02. The van der Waals surface area contributed by atoms with Gasteiger partial charge in [-0.1, -0.05) is 19.9 Å². The molecule has 0 fully saturated rings. The van der Waals surface area contributed by atoms with Crippen molar-refractivity contribution in [3.05, 3.63) is 12.7 Å². The first-order valence-corrected chi connectivity index (χ1v) is 4.04. The summed E-state index contributed by atoms with van der Waals surface area (Å²) in [6.07, 6.45) is 3.62. The first kappa shape index (κ1) is 14.2. The second-order valence-corrected chi connectivity index (χ2v) is 3.30. The number of unbranched alkanes of at least 4 members (excludes halogenated alkanes) is 1. The van der Waals surface area contributed by atoms with Crippen molar-refractivity contribution in [2.24, 2.45) is 0 Å². The Morgan fingerprint density at radius 1 is 1.50 bits per heavy atom. The van der Waals surface area contributed by atoms with Crippen molar-refractivity contribution in [1.29, 1.82) is 0 Å². The molecule has 0 saturated heterocycles. The number of likely N-dealkylation sites (N-methyl/N-ethyl adjacent to an activating group) is 1. The molecular formula is C9H18ClNO. The van der Waals surface area contributed by atoms with E-state index in [-0.39, 0.29) is 18.3 Å². The molecule has 0 aliphatic carbocycles. The van der Waals surface area contributed by atoms with E-state index in [9.17, 15) is 4.79 Å². The van der Waals surface area contributed by atoms with Crippen molar-refractivity contribution >= 4 is 5.91 Å². The second kappa shape index (κ2) is 6.21. The van der Waals surface area contributed by atoms with Crippen molar-refractivity contribution in [1.82, 2.24) is 0 Å². The van der Waals surface area contributed by atoms with Gasteiger partial charge in [-0.2, -0.15) is 0 Å². The number of carbonyl (C=O) groups is 1. The molecular weight excluding hydrogens is 174 g/mol. The van der Waals surface area contributed by atoms with Gasteiger partial charge in [0.1, 0.15) is 0 Å². The Hall–Kier alpha value is -0.340. The molecule has 0 aromatic rings. The third-order valence-electron chi connectivity index (χ3n) is 1.84. The molecule has 0 saturated carbocycles. The van der Waals surface area contributed by atoms with Gasteiger partial charge in [0, 0.05) is 6.08 Å². The standard InChI is InChI=1S/C9H18NO.ClH/c1-5-7-8-10(3,4)9(11)6-2;/h6H,2,5,7-8H2,1,3-4H3;1H/q+1;/p-1. The predicted molar refractivity (Wildman–Crippen MR) is 47.1 cm³/mol. The average molecular weight is 192 g/mol. The number of rotatable bonds is 4. The monoisotopic (exact) mass is 191 g/mol. The average Bonchev–Trinajstić information content (AvgIpc) is 1.99. The van der Waals surface area contributed by atoms with Gasteiger partial charge >= 0.3 is 5.91 Å². The fraction of sp³-hybridized carbons (Fsp3) is 0.667. The molecule has 0 rings (SSSR count). The van der Waals surface area contributed by atoms with E-state index in [1.54, 1.807) is 0 Å². The van der Waals surface area contributed by atoms with Crippen LogP contribution in [0.3, 0.4) is 0 Å². The molecule has 3 heteroatoms. The van der Waals surface area contributed by atoms with Gasteiger partial charge in [-0.3, -0.25) is 4.48 Å². The van der Waals surface area contributed by atoms with Crippen LogP contribution in [0.1, 0.15) is 19.8 Å². The van der Waals surface area contributed by atoms with Gasteiger partial charge in [-0.05, 0) is 6.42 Å². The van der Waals surface area contributed by atoms with Gasteiger partial charge in [0.2, 0.25) is 0 Å². The van der Waals surface area contributed by atoms with E-state index in [2.05, 4.69) is 13.5 Å². The Morgan fingerprint density at radius 2 is 2.00 bits per heavy atom. The maximum Gasteiger partial charge on any atom is 0.337 e. The topological polar surface area (TPSA) is 17.1 Å². The molecule has 0 aliphatic heterocycles. The predicted octanol–water partition coefficient (Wildman–Crippen LogP) is -1.42. The third kappa shape index (κ3) is 4.52. The van der Waals surface area contributed by atoms with Gasteiger partial charge < -0.3 is 12.4 Å². The molecule has 0 spiro atoms. The molecule has 12 heavy (non-hydrogen) atoms. The minimum Gasteiger partial charge on any atom is -1.00 e. The van der Waals surface area contributed by atoms with Crippen molar-refractivity contribution in [2.45, 2.75) is 19.8 Å². The Labute approximate surface area is 81.3 Å². The molecule has 0 radical (unpaired) electrons. The molecule has 0 atom stereocenters. The van der Waals surface area contributed by atoms with E-state index >= 15 is 0 Å². The zero-order chi connectivity index (χ0) is 8.91. The van der Waals surface area contributed by atoms with Crippen molar-refractivity contribution in [2.75, 3.05) is 20.6 Å². The van der Waals surface area contributed by atoms with Crippen LogP contribution in [-0.4, -0.2) is 31.0 Å². The fourth-order valence-corrected chi connectivity index (χ4v) is 0.911. The molecule has 0 aromatic carbocycles. The summed E-state index contributed by atoms with van der Waals surface area (Å²) < 4.78 is 0.428. The summed E-state index contributed by atoms with van der Waals surface area (Å²) in [5.74, 6) is 0.0958. The molecule has 0 unspecified atom stereocenters. The van der Waals surface area contributed by atoms with E-state index in [1.807, 2.05) is 14.1 Å². The minimum atomic E-state index is 0. The summed E-state index contributed by atoms with van der Waals surface area (Å²) in [7, 11) is 3.83. The van der Waals surface area contributed by atoms with Gasteiger partial charge in [0.25, 0.3) is 0 Å². The zero-order valence-corrected chi connectivity index (χ0v) is 8.90. The lowest BCUT2D eigenvalue weighted by Crippen LogP contribution is -3.00. The molecule has 0 aromatic heterocycles. The van der Waals surface area contributed by atoms with E-state index in [1.165, 1.54) is 6.08 Å². The molecule has 0 bridgehead atoms. The molecule has 0 heterocycles. The summed E-state index contributed by atoms with van der Waals surface area (Å²) in [5.41, 5.74) is 0. The Kier molecular flexibility index (Phi) is 7.34. The lowest BCUT2D eigenvalue weighted by atomic mass is 10.3. The highest BCUT2D eigenvalue weighted by atomic mass is 35.5. The summed E-state index contributed by atoms with van der Waals surface area (Å²) >= 11 is 0. The Bertz CT molecular complexity index is 155. The number of halogens is 1. The van der Waals surface area contributed by atoms with Crippen LogP contribution in [0.25, 0.3) is 0 Å². The summed E-state index contributed by atoms with van der Waals surface area (Å²) in [5, 5.41) is 0.